The van der Waals surface area contributed by atoms with Gasteiger partial charge in [-0.1, -0.05) is 6.92 Å². The number of hydrogen-bond donors (Lipinski definition) is 2. The molecule has 0 radical (unpaired) electrons. The van der Waals surface area contributed by atoms with Crippen LogP contribution in [0.4, 0.5) is 5.69 Å². The van der Waals surface area contributed by atoms with Gasteiger partial charge in [0.1, 0.15) is 0 Å². The molecular formula is C17H23N3O3. The molecule has 0 saturated heterocycles. The van der Waals surface area contributed by atoms with Crippen molar-refractivity contribution in [3.63, 3.8) is 0 Å². The molecule has 2 atom stereocenters. The molecule has 0 aliphatic heterocycles. The Kier molecular flexibility index (Phi) is 5.36. The first-order valence-electron chi connectivity index (χ1n) is 7.90. The Hall–Kier alpha value is -2.37. The van der Waals surface area contributed by atoms with E-state index in [1.54, 1.807) is 29.2 Å². The van der Waals surface area contributed by atoms with E-state index in [-0.39, 0.29) is 24.2 Å². The number of amides is 3. The number of carbonyl (C=O) groups excluding carboxylic acids is 3. The molecule has 2 rings (SSSR count). The number of nitrogens with two attached hydrogens (primary N) is 1. The van der Waals surface area contributed by atoms with Crippen LogP contribution in [0.5, 0.6) is 0 Å². The lowest BCUT2D eigenvalue weighted by molar-refractivity contribution is -0.133. The number of carbonyl (C=O) groups is 3. The number of nitrogens with zero attached hydrogens (tertiary/aromatic N) is 1. The summed E-state index contributed by atoms with van der Waals surface area (Å²) >= 11 is 0. The summed E-state index contributed by atoms with van der Waals surface area (Å²) in [6, 6.07) is 6.39. The van der Waals surface area contributed by atoms with Gasteiger partial charge < -0.3 is 16.0 Å². The zero-order valence-corrected chi connectivity index (χ0v) is 13.5. The zero-order chi connectivity index (χ0) is 17.0. The van der Waals surface area contributed by atoms with Crippen LogP contribution in [0.1, 0.15) is 37.0 Å². The molecule has 124 valence electrons. The molecule has 3 N–H and O–H groups in total. The molecule has 6 nitrogen and oxygen atoms in total. The van der Waals surface area contributed by atoms with Crippen LogP contribution in [0.2, 0.25) is 0 Å². The van der Waals surface area contributed by atoms with Crippen LogP contribution < -0.4 is 11.1 Å². The monoisotopic (exact) mass is 317 g/mol. The zero-order valence-electron chi connectivity index (χ0n) is 13.5. The smallest absolute Gasteiger partial charge is 0.248 e. The van der Waals surface area contributed by atoms with Crippen molar-refractivity contribution in [1.82, 2.24) is 4.90 Å². The summed E-state index contributed by atoms with van der Waals surface area (Å²) in [7, 11) is 0. The SMILES string of the molecule is CCN(CCC(=O)Nc1ccc(C(N)=O)cc1)C(=O)[C@H]1C[C@H]1C. The van der Waals surface area contributed by atoms with Gasteiger partial charge in [0, 0.05) is 36.7 Å². The molecule has 23 heavy (non-hydrogen) atoms. The van der Waals surface area contributed by atoms with Gasteiger partial charge in [-0.2, -0.15) is 0 Å². The lowest BCUT2D eigenvalue weighted by Gasteiger charge is -2.20. The Balaban J connectivity index is 1.81. The fraction of sp³-hybridized carbons (Fsp3) is 0.471. The van der Waals surface area contributed by atoms with E-state index in [1.807, 2.05) is 6.92 Å². The Labute approximate surface area is 136 Å². The molecule has 1 aromatic rings. The maximum atomic E-state index is 12.2. The number of rotatable bonds is 7. The van der Waals surface area contributed by atoms with Gasteiger partial charge in [0.15, 0.2) is 0 Å². The number of hydrogen-bond acceptors (Lipinski definition) is 3. The van der Waals surface area contributed by atoms with E-state index in [0.29, 0.717) is 30.3 Å². The minimum atomic E-state index is -0.505. The number of benzene rings is 1. The van der Waals surface area contributed by atoms with Crippen LogP contribution in [-0.4, -0.2) is 35.7 Å². The predicted octanol–water partition coefficient (Wildman–Crippen LogP) is 1.62. The Morgan fingerprint density at radius 3 is 2.35 bits per heavy atom. The van der Waals surface area contributed by atoms with E-state index in [2.05, 4.69) is 12.2 Å². The second-order valence-corrected chi connectivity index (χ2v) is 5.98. The van der Waals surface area contributed by atoms with Crippen LogP contribution in [-0.2, 0) is 9.59 Å². The third-order valence-electron chi connectivity index (χ3n) is 4.18. The quantitative estimate of drug-likeness (QED) is 0.800. The molecule has 1 aliphatic rings. The van der Waals surface area contributed by atoms with Crippen LogP contribution in [0.25, 0.3) is 0 Å². The van der Waals surface area contributed by atoms with E-state index in [0.717, 1.165) is 6.42 Å². The van der Waals surface area contributed by atoms with E-state index in [4.69, 9.17) is 5.73 Å². The van der Waals surface area contributed by atoms with Crippen molar-refractivity contribution in [2.45, 2.75) is 26.7 Å². The van der Waals surface area contributed by atoms with Crippen molar-refractivity contribution in [2.75, 3.05) is 18.4 Å². The lowest BCUT2D eigenvalue weighted by atomic mass is 10.2. The average Bonchev–Trinajstić information content (AvgIpc) is 3.25. The molecule has 0 aromatic heterocycles. The molecule has 0 heterocycles. The Morgan fingerprint density at radius 2 is 1.87 bits per heavy atom. The first-order valence-corrected chi connectivity index (χ1v) is 7.90. The Morgan fingerprint density at radius 1 is 1.26 bits per heavy atom. The lowest BCUT2D eigenvalue weighted by Crippen LogP contribution is -2.35. The molecule has 0 bridgehead atoms. The number of primary amides is 1. The van der Waals surface area contributed by atoms with Gasteiger partial charge in [0.2, 0.25) is 17.7 Å². The molecule has 6 heteroatoms. The van der Waals surface area contributed by atoms with Gasteiger partial charge in [0.25, 0.3) is 0 Å². The summed E-state index contributed by atoms with van der Waals surface area (Å²) < 4.78 is 0. The Bertz CT molecular complexity index is 598. The molecule has 0 unspecified atom stereocenters. The minimum absolute atomic E-state index is 0.138. The van der Waals surface area contributed by atoms with Gasteiger partial charge in [-0.05, 0) is 43.5 Å². The van der Waals surface area contributed by atoms with E-state index in [1.165, 1.54) is 0 Å². The van der Waals surface area contributed by atoms with E-state index in [9.17, 15) is 14.4 Å². The fourth-order valence-corrected chi connectivity index (χ4v) is 2.50. The van der Waals surface area contributed by atoms with Gasteiger partial charge in [-0.15, -0.1) is 0 Å². The molecule has 1 fully saturated rings. The first-order chi connectivity index (χ1) is 10.9. The van der Waals surface area contributed by atoms with Crippen molar-refractivity contribution in [3.05, 3.63) is 29.8 Å². The molecule has 1 saturated carbocycles. The largest absolute Gasteiger partial charge is 0.366 e. The first kappa shape index (κ1) is 17.0. The third-order valence-corrected chi connectivity index (χ3v) is 4.18. The highest BCUT2D eigenvalue weighted by Crippen LogP contribution is 2.39. The molecular weight excluding hydrogens is 294 g/mol. The molecule has 0 spiro atoms. The maximum Gasteiger partial charge on any atom is 0.248 e. The van der Waals surface area contributed by atoms with E-state index >= 15 is 0 Å². The van der Waals surface area contributed by atoms with Gasteiger partial charge in [0.05, 0.1) is 0 Å². The second-order valence-electron chi connectivity index (χ2n) is 5.98. The van der Waals surface area contributed by atoms with E-state index < -0.39 is 5.91 Å². The topological polar surface area (TPSA) is 92.5 Å². The summed E-state index contributed by atoms with van der Waals surface area (Å²) in [5.74, 6) is 0.0910. The van der Waals surface area contributed by atoms with Crippen molar-refractivity contribution < 1.29 is 14.4 Å². The van der Waals surface area contributed by atoms with Gasteiger partial charge >= 0.3 is 0 Å². The van der Waals surface area contributed by atoms with Crippen LogP contribution in [0.15, 0.2) is 24.3 Å². The van der Waals surface area contributed by atoms with Gasteiger partial charge in [-0.25, -0.2) is 0 Å². The second kappa shape index (κ2) is 7.26. The van der Waals surface area contributed by atoms with Gasteiger partial charge in [-0.3, -0.25) is 14.4 Å². The standard InChI is InChI=1S/C17H23N3O3/c1-3-20(17(23)14-10-11(14)2)9-8-15(21)19-13-6-4-12(5-7-13)16(18)22/h4-7,11,14H,3,8-10H2,1-2H3,(H2,18,22)(H,19,21)/t11-,14+/m1/s1. The highest BCUT2D eigenvalue weighted by atomic mass is 16.2. The van der Waals surface area contributed by atoms with Crippen LogP contribution in [0.3, 0.4) is 0 Å². The third kappa shape index (κ3) is 4.55. The summed E-state index contributed by atoms with van der Waals surface area (Å²) in [6.45, 7) is 5.02. The number of nitrogens with one attached hydrogen (secondary N) is 1. The normalized spacial score (nSPS) is 19.0. The molecule has 3 amide bonds. The summed E-state index contributed by atoms with van der Waals surface area (Å²) in [5, 5.41) is 2.75. The van der Waals surface area contributed by atoms with Crippen molar-refractivity contribution >= 4 is 23.4 Å². The highest BCUT2D eigenvalue weighted by Gasteiger charge is 2.41. The highest BCUT2D eigenvalue weighted by molar-refractivity contribution is 5.95. The fourth-order valence-electron chi connectivity index (χ4n) is 2.50. The van der Waals surface area contributed by atoms with Crippen molar-refractivity contribution in [1.29, 1.82) is 0 Å². The summed E-state index contributed by atoms with van der Waals surface area (Å²) in [6.07, 6.45) is 1.20. The minimum Gasteiger partial charge on any atom is -0.366 e. The molecule has 1 aliphatic carbocycles. The van der Waals surface area contributed by atoms with Crippen molar-refractivity contribution in [2.24, 2.45) is 17.6 Å². The van der Waals surface area contributed by atoms with Crippen LogP contribution in [0, 0.1) is 11.8 Å². The average molecular weight is 317 g/mol. The maximum absolute atomic E-state index is 12.2. The summed E-state index contributed by atoms with van der Waals surface area (Å²) in [4.78, 5) is 36.9. The van der Waals surface area contributed by atoms with Crippen molar-refractivity contribution in [3.8, 4) is 0 Å². The predicted molar refractivity (Wildman–Crippen MR) is 87.7 cm³/mol. The number of anilines is 1. The summed E-state index contributed by atoms with van der Waals surface area (Å²) in [5.41, 5.74) is 6.16. The van der Waals surface area contributed by atoms with Crippen LogP contribution >= 0.6 is 0 Å². The molecule has 1 aromatic carbocycles.